The van der Waals surface area contributed by atoms with E-state index in [0.717, 1.165) is 19.3 Å². The number of carbonyl (C=O) groups is 1. The topological polar surface area (TPSA) is 50.1 Å². The normalized spacial score (nSPS) is 20.5. The Labute approximate surface area is 90.4 Å². The van der Waals surface area contributed by atoms with Gasteiger partial charge >= 0.3 is 5.97 Å². The van der Waals surface area contributed by atoms with E-state index in [-0.39, 0.29) is 0 Å². The lowest BCUT2D eigenvalue weighted by molar-refractivity contribution is -0.156. The number of hydrogen-bond donors (Lipinski definition) is 0. The molecular formula is C12H15NO2. The van der Waals surface area contributed by atoms with Gasteiger partial charge in [0.15, 0.2) is 5.60 Å². The third-order valence-electron chi connectivity index (χ3n) is 2.89. The van der Waals surface area contributed by atoms with E-state index in [9.17, 15) is 4.79 Å². The molecule has 80 valence electrons. The maximum atomic E-state index is 11.1. The van der Waals surface area contributed by atoms with E-state index >= 15 is 0 Å². The molecule has 0 amide bonds. The molecule has 0 spiro atoms. The second-order valence-corrected chi connectivity index (χ2v) is 4.01. The third kappa shape index (κ3) is 1.83. The van der Waals surface area contributed by atoms with E-state index in [2.05, 4.69) is 12.0 Å². The highest BCUT2D eigenvalue weighted by molar-refractivity contribution is 5.67. The standard InChI is InChI=1S/C12H15NO2/c1-4-6-12(5-2,15-10(3)14)11(9-13)7-8-11/h2H,4,6-8H2,1,3H3/t12-/m1/s1. The minimum absolute atomic E-state index is 0.414. The molecule has 1 aliphatic carbocycles. The molecule has 1 atom stereocenters. The second kappa shape index (κ2) is 3.95. The number of nitrogens with zero attached hydrogens (tertiary/aromatic N) is 1. The van der Waals surface area contributed by atoms with Crippen LogP contribution in [0.3, 0.4) is 0 Å². The molecule has 0 radical (unpaired) electrons. The summed E-state index contributed by atoms with van der Waals surface area (Å²) < 4.78 is 5.25. The minimum atomic E-state index is -1.01. The van der Waals surface area contributed by atoms with Gasteiger partial charge in [0.2, 0.25) is 0 Å². The van der Waals surface area contributed by atoms with E-state index in [1.54, 1.807) is 0 Å². The van der Waals surface area contributed by atoms with Gasteiger partial charge in [-0.15, -0.1) is 6.42 Å². The fourth-order valence-electron chi connectivity index (χ4n) is 1.96. The van der Waals surface area contributed by atoms with Crippen molar-refractivity contribution in [3.63, 3.8) is 0 Å². The molecule has 3 heteroatoms. The van der Waals surface area contributed by atoms with Crippen LogP contribution in [0.4, 0.5) is 0 Å². The van der Waals surface area contributed by atoms with Crippen molar-refractivity contribution in [1.82, 2.24) is 0 Å². The molecule has 0 aromatic heterocycles. The van der Waals surface area contributed by atoms with E-state index < -0.39 is 17.0 Å². The van der Waals surface area contributed by atoms with Crippen LogP contribution >= 0.6 is 0 Å². The Kier molecular flexibility index (Phi) is 3.05. The molecule has 0 aliphatic heterocycles. The molecule has 0 N–H and O–H groups in total. The Morgan fingerprint density at radius 3 is 2.53 bits per heavy atom. The zero-order chi connectivity index (χ0) is 11.5. The summed E-state index contributed by atoms with van der Waals surface area (Å²) >= 11 is 0. The maximum absolute atomic E-state index is 11.1. The Hall–Kier alpha value is -1.48. The Bertz CT molecular complexity index is 344. The smallest absolute Gasteiger partial charge is 0.304 e. The summed E-state index contributed by atoms with van der Waals surface area (Å²) in [5.74, 6) is 2.12. The zero-order valence-corrected chi connectivity index (χ0v) is 9.17. The molecule has 0 aromatic rings. The first kappa shape index (κ1) is 11.6. The van der Waals surface area contributed by atoms with Gasteiger partial charge in [-0.1, -0.05) is 19.3 Å². The molecule has 1 saturated carbocycles. The van der Waals surface area contributed by atoms with Gasteiger partial charge in [0.1, 0.15) is 5.41 Å². The van der Waals surface area contributed by atoms with Gasteiger partial charge in [0.25, 0.3) is 0 Å². The molecule has 1 aliphatic rings. The first-order valence-electron chi connectivity index (χ1n) is 5.14. The van der Waals surface area contributed by atoms with Crippen LogP contribution in [0.2, 0.25) is 0 Å². The van der Waals surface area contributed by atoms with Gasteiger partial charge in [-0.2, -0.15) is 5.26 Å². The summed E-state index contributed by atoms with van der Waals surface area (Å²) in [4.78, 5) is 11.1. The highest BCUT2D eigenvalue weighted by Crippen LogP contribution is 2.56. The Morgan fingerprint density at radius 1 is 1.67 bits per heavy atom. The number of nitriles is 1. The third-order valence-corrected chi connectivity index (χ3v) is 2.89. The van der Waals surface area contributed by atoms with Gasteiger partial charge in [0, 0.05) is 13.3 Å². The quantitative estimate of drug-likeness (QED) is 0.521. The van der Waals surface area contributed by atoms with Crippen molar-refractivity contribution in [1.29, 1.82) is 5.26 Å². The summed E-state index contributed by atoms with van der Waals surface area (Å²) in [6.45, 7) is 3.29. The van der Waals surface area contributed by atoms with Crippen LogP contribution in [0, 0.1) is 29.1 Å². The van der Waals surface area contributed by atoms with Gasteiger partial charge < -0.3 is 4.74 Å². The monoisotopic (exact) mass is 205 g/mol. The van der Waals surface area contributed by atoms with Crippen LogP contribution in [-0.2, 0) is 9.53 Å². The van der Waals surface area contributed by atoms with E-state index in [1.807, 2.05) is 6.92 Å². The fourth-order valence-corrected chi connectivity index (χ4v) is 1.96. The van der Waals surface area contributed by atoms with Gasteiger partial charge in [-0.25, -0.2) is 0 Å². The molecule has 1 fully saturated rings. The van der Waals surface area contributed by atoms with Gasteiger partial charge in [0.05, 0.1) is 6.07 Å². The van der Waals surface area contributed by atoms with Crippen LogP contribution in [0.5, 0.6) is 0 Å². The van der Waals surface area contributed by atoms with Gasteiger partial charge in [-0.3, -0.25) is 4.79 Å². The second-order valence-electron chi connectivity index (χ2n) is 4.01. The van der Waals surface area contributed by atoms with Crippen LogP contribution in [-0.4, -0.2) is 11.6 Å². The molecule has 0 bridgehead atoms. The molecule has 0 saturated heterocycles. The van der Waals surface area contributed by atoms with E-state index in [0.29, 0.717) is 6.42 Å². The van der Waals surface area contributed by atoms with Crippen LogP contribution in [0.25, 0.3) is 0 Å². The Morgan fingerprint density at radius 2 is 2.27 bits per heavy atom. The molecule has 0 aromatic carbocycles. The van der Waals surface area contributed by atoms with Crippen LogP contribution in [0.1, 0.15) is 39.5 Å². The molecule has 1 rings (SSSR count). The molecule has 15 heavy (non-hydrogen) atoms. The number of ether oxygens (including phenoxy) is 1. The summed E-state index contributed by atoms with van der Waals surface area (Å²) in [5.41, 5.74) is -1.65. The van der Waals surface area contributed by atoms with Crippen LogP contribution in [0.15, 0.2) is 0 Å². The summed E-state index contributed by atoms with van der Waals surface area (Å²) in [7, 11) is 0. The maximum Gasteiger partial charge on any atom is 0.304 e. The molecule has 0 unspecified atom stereocenters. The van der Waals surface area contributed by atoms with Crippen molar-refractivity contribution in [3.05, 3.63) is 0 Å². The predicted molar refractivity (Wildman–Crippen MR) is 55.5 cm³/mol. The van der Waals surface area contributed by atoms with E-state index in [1.165, 1.54) is 6.92 Å². The first-order valence-corrected chi connectivity index (χ1v) is 5.14. The number of rotatable bonds is 4. The minimum Gasteiger partial charge on any atom is -0.444 e. The zero-order valence-electron chi connectivity index (χ0n) is 9.17. The van der Waals surface area contributed by atoms with Gasteiger partial charge in [-0.05, 0) is 12.8 Å². The average molecular weight is 205 g/mol. The number of esters is 1. The molecular weight excluding hydrogens is 190 g/mol. The largest absolute Gasteiger partial charge is 0.444 e. The lowest BCUT2D eigenvalue weighted by Crippen LogP contribution is -2.42. The molecule has 3 nitrogen and oxygen atoms in total. The fraction of sp³-hybridized carbons (Fsp3) is 0.667. The lowest BCUT2D eigenvalue weighted by atomic mass is 9.82. The number of hydrogen-bond acceptors (Lipinski definition) is 3. The van der Waals surface area contributed by atoms with Crippen molar-refractivity contribution < 1.29 is 9.53 Å². The SMILES string of the molecule is C#C[C@](CCC)(OC(C)=O)C1(C#N)CC1. The molecule has 0 heterocycles. The highest BCUT2D eigenvalue weighted by Gasteiger charge is 2.61. The van der Waals surface area contributed by atoms with Crippen molar-refractivity contribution in [2.45, 2.75) is 45.1 Å². The van der Waals surface area contributed by atoms with Crippen molar-refractivity contribution >= 4 is 5.97 Å². The van der Waals surface area contributed by atoms with E-state index in [4.69, 9.17) is 16.4 Å². The van der Waals surface area contributed by atoms with Crippen molar-refractivity contribution in [2.24, 2.45) is 5.41 Å². The summed E-state index contributed by atoms with van der Waals surface area (Å²) in [6.07, 6.45) is 8.26. The lowest BCUT2D eigenvalue weighted by Gasteiger charge is -2.31. The van der Waals surface area contributed by atoms with Crippen molar-refractivity contribution in [3.8, 4) is 18.4 Å². The first-order chi connectivity index (χ1) is 7.06. The highest BCUT2D eigenvalue weighted by atomic mass is 16.6. The van der Waals surface area contributed by atoms with Crippen LogP contribution < -0.4 is 0 Å². The van der Waals surface area contributed by atoms with Crippen molar-refractivity contribution in [2.75, 3.05) is 0 Å². The number of carbonyl (C=O) groups excluding carboxylic acids is 1. The average Bonchev–Trinajstić information content (AvgIpc) is 2.97. The predicted octanol–water partition coefficient (Wildman–Crippen LogP) is 2.03. The summed E-state index contributed by atoms with van der Waals surface area (Å²) in [5, 5.41) is 9.13. The number of terminal acetylenes is 1. The Balaban J connectivity index is 3.01. The summed E-state index contributed by atoms with van der Waals surface area (Å²) in [6, 6.07) is 2.21.